The van der Waals surface area contributed by atoms with Gasteiger partial charge in [0.25, 0.3) is 0 Å². The van der Waals surface area contributed by atoms with Crippen molar-refractivity contribution in [1.82, 2.24) is 10.3 Å². The molecule has 0 spiro atoms. The van der Waals surface area contributed by atoms with Crippen molar-refractivity contribution in [3.8, 4) is 0 Å². The fourth-order valence-electron chi connectivity index (χ4n) is 3.51. The number of aryl methyl sites for hydroxylation is 1. The lowest BCUT2D eigenvalue weighted by atomic mass is 9.81. The predicted molar refractivity (Wildman–Crippen MR) is 76.0 cm³/mol. The zero-order valence-corrected chi connectivity index (χ0v) is 11.9. The van der Waals surface area contributed by atoms with Crippen molar-refractivity contribution in [3.05, 3.63) is 29.6 Å². The molecule has 3 heterocycles. The van der Waals surface area contributed by atoms with Crippen LogP contribution in [0.3, 0.4) is 0 Å². The fraction of sp³-hybridized carbons (Fsp3) is 0.688. The van der Waals surface area contributed by atoms with E-state index in [0.29, 0.717) is 24.2 Å². The largest absolute Gasteiger partial charge is 0.375 e. The summed E-state index contributed by atoms with van der Waals surface area (Å²) in [6.45, 7) is 5.32. The van der Waals surface area contributed by atoms with E-state index in [2.05, 4.69) is 29.4 Å². The summed E-state index contributed by atoms with van der Waals surface area (Å²) in [6, 6.07) is 4.74. The molecule has 3 nitrogen and oxygen atoms in total. The average Bonchev–Trinajstić information content (AvgIpc) is 3.04. The highest BCUT2D eigenvalue weighted by atomic mass is 16.5. The first-order chi connectivity index (χ1) is 9.28. The van der Waals surface area contributed by atoms with Crippen LogP contribution in [0.25, 0.3) is 0 Å². The highest BCUT2D eigenvalue weighted by molar-refractivity contribution is 5.19. The van der Waals surface area contributed by atoms with Crippen LogP contribution in [0.5, 0.6) is 0 Å². The topological polar surface area (TPSA) is 34.2 Å². The Labute approximate surface area is 115 Å². The van der Waals surface area contributed by atoms with E-state index < -0.39 is 0 Å². The maximum Gasteiger partial charge on any atom is 0.0627 e. The Morgan fingerprint density at radius 1 is 1.42 bits per heavy atom. The van der Waals surface area contributed by atoms with E-state index >= 15 is 0 Å². The molecule has 4 unspecified atom stereocenters. The summed E-state index contributed by atoms with van der Waals surface area (Å²) in [7, 11) is 0. The third kappa shape index (κ3) is 2.67. The maximum atomic E-state index is 6.03. The lowest BCUT2D eigenvalue weighted by molar-refractivity contribution is 0.0856. The summed E-state index contributed by atoms with van der Waals surface area (Å²) in [6.07, 6.45) is 7.87. The van der Waals surface area contributed by atoms with Gasteiger partial charge in [0.1, 0.15) is 0 Å². The van der Waals surface area contributed by atoms with Gasteiger partial charge in [0.15, 0.2) is 0 Å². The normalized spacial score (nSPS) is 30.7. The third-order valence-electron chi connectivity index (χ3n) is 4.49. The molecule has 2 aliphatic rings. The minimum Gasteiger partial charge on any atom is -0.375 e. The number of nitrogens with one attached hydrogen (secondary N) is 1. The number of aromatic nitrogens is 1. The summed E-state index contributed by atoms with van der Waals surface area (Å²) >= 11 is 0. The zero-order valence-electron chi connectivity index (χ0n) is 11.9. The standard InChI is InChI=1S/C16H24N2O/c1-3-8-17-16(12-5-4-11(2)18-10-12)14-9-13-6-7-15(14)19-13/h4-5,10,13-17H,3,6-9H2,1-2H3. The number of fused-ring (bicyclic) bond motifs is 2. The van der Waals surface area contributed by atoms with Gasteiger partial charge in [-0.2, -0.15) is 0 Å². The van der Waals surface area contributed by atoms with Crippen molar-refractivity contribution < 1.29 is 4.74 Å². The molecular weight excluding hydrogens is 236 g/mol. The van der Waals surface area contributed by atoms with Crippen LogP contribution in [-0.2, 0) is 4.74 Å². The van der Waals surface area contributed by atoms with Gasteiger partial charge in [-0.3, -0.25) is 4.98 Å². The molecule has 3 heteroatoms. The molecule has 3 rings (SSSR count). The second-order valence-electron chi connectivity index (χ2n) is 5.94. The molecule has 1 aromatic rings. The molecule has 1 N–H and O–H groups in total. The Kier molecular flexibility index (Phi) is 3.85. The van der Waals surface area contributed by atoms with Gasteiger partial charge in [-0.05, 0) is 50.8 Å². The lowest BCUT2D eigenvalue weighted by Gasteiger charge is -2.29. The number of nitrogens with zero attached hydrogens (tertiary/aromatic N) is 1. The second kappa shape index (κ2) is 5.59. The van der Waals surface area contributed by atoms with Crippen molar-refractivity contribution in [2.24, 2.45) is 5.92 Å². The van der Waals surface area contributed by atoms with Gasteiger partial charge < -0.3 is 10.1 Å². The number of hydrogen-bond acceptors (Lipinski definition) is 3. The monoisotopic (exact) mass is 260 g/mol. The molecular formula is C16H24N2O. The van der Waals surface area contributed by atoms with Gasteiger partial charge in [-0.1, -0.05) is 13.0 Å². The first-order valence-corrected chi connectivity index (χ1v) is 7.59. The first kappa shape index (κ1) is 13.1. The number of hydrogen-bond donors (Lipinski definition) is 1. The van der Waals surface area contributed by atoms with Gasteiger partial charge in [-0.25, -0.2) is 0 Å². The maximum absolute atomic E-state index is 6.03. The molecule has 0 aromatic carbocycles. The number of ether oxygens (including phenoxy) is 1. The van der Waals surface area contributed by atoms with Gasteiger partial charge in [0.05, 0.1) is 12.2 Å². The van der Waals surface area contributed by atoms with E-state index in [4.69, 9.17) is 4.74 Å². The summed E-state index contributed by atoms with van der Waals surface area (Å²) in [5, 5.41) is 3.71. The number of rotatable bonds is 5. The first-order valence-electron chi connectivity index (χ1n) is 7.59. The van der Waals surface area contributed by atoms with Crippen molar-refractivity contribution >= 4 is 0 Å². The second-order valence-corrected chi connectivity index (χ2v) is 5.94. The van der Waals surface area contributed by atoms with E-state index in [1.54, 1.807) is 0 Å². The third-order valence-corrected chi connectivity index (χ3v) is 4.49. The zero-order chi connectivity index (χ0) is 13.2. The molecule has 1 aromatic heterocycles. The molecule has 0 saturated carbocycles. The van der Waals surface area contributed by atoms with Crippen molar-refractivity contribution in [2.45, 2.75) is 57.8 Å². The highest BCUT2D eigenvalue weighted by Gasteiger charge is 2.44. The van der Waals surface area contributed by atoms with E-state index in [9.17, 15) is 0 Å². The predicted octanol–water partition coefficient (Wildman–Crippen LogP) is 3.00. The smallest absolute Gasteiger partial charge is 0.0627 e. The molecule has 104 valence electrons. The Hall–Kier alpha value is -0.930. The van der Waals surface area contributed by atoms with Crippen LogP contribution in [0.1, 0.15) is 49.9 Å². The SMILES string of the molecule is CCCNC(c1ccc(C)nc1)C1CC2CCC1O2. The van der Waals surface area contributed by atoms with E-state index in [1.165, 1.54) is 24.8 Å². The van der Waals surface area contributed by atoms with E-state index in [-0.39, 0.29) is 0 Å². The van der Waals surface area contributed by atoms with Gasteiger partial charge >= 0.3 is 0 Å². The van der Waals surface area contributed by atoms with E-state index in [0.717, 1.165) is 18.7 Å². The molecule has 2 saturated heterocycles. The van der Waals surface area contributed by atoms with Gasteiger partial charge in [0, 0.05) is 23.9 Å². The molecule has 4 atom stereocenters. The quantitative estimate of drug-likeness (QED) is 0.883. The van der Waals surface area contributed by atoms with Crippen LogP contribution in [-0.4, -0.2) is 23.7 Å². The van der Waals surface area contributed by atoms with Crippen LogP contribution < -0.4 is 5.32 Å². The van der Waals surface area contributed by atoms with Crippen LogP contribution in [0.15, 0.2) is 18.3 Å². The average molecular weight is 260 g/mol. The Morgan fingerprint density at radius 3 is 2.89 bits per heavy atom. The molecule has 2 bridgehead atoms. The van der Waals surface area contributed by atoms with Crippen LogP contribution >= 0.6 is 0 Å². The molecule has 0 radical (unpaired) electrons. The molecule has 0 amide bonds. The van der Waals surface area contributed by atoms with Gasteiger partial charge in [0.2, 0.25) is 0 Å². The highest BCUT2D eigenvalue weighted by Crippen LogP contribution is 2.44. The van der Waals surface area contributed by atoms with Crippen LogP contribution in [0.2, 0.25) is 0 Å². The van der Waals surface area contributed by atoms with E-state index in [1.807, 2.05) is 13.1 Å². The van der Waals surface area contributed by atoms with Crippen molar-refractivity contribution in [1.29, 1.82) is 0 Å². The van der Waals surface area contributed by atoms with Gasteiger partial charge in [-0.15, -0.1) is 0 Å². The molecule has 2 fully saturated rings. The molecule has 2 aliphatic heterocycles. The Balaban J connectivity index is 1.79. The van der Waals surface area contributed by atoms with Crippen LogP contribution in [0.4, 0.5) is 0 Å². The Bertz CT molecular complexity index is 417. The summed E-state index contributed by atoms with van der Waals surface area (Å²) < 4.78 is 6.03. The minimum absolute atomic E-state index is 0.406. The lowest BCUT2D eigenvalue weighted by Crippen LogP contribution is -2.34. The van der Waals surface area contributed by atoms with Crippen molar-refractivity contribution in [3.63, 3.8) is 0 Å². The molecule has 19 heavy (non-hydrogen) atoms. The minimum atomic E-state index is 0.406. The number of pyridine rings is 1. The van der Waals surface area contributed by atoms with Crippen LogP contribution in [0, 0.1) is 12.8 Å². The summed E-state index contributed by atoms with van der Waals surface area (Å²) in [5.74, 6) is 0.620. The summed E-state index contributed by atoms with van der Waals surface area (Å²) in [4.78, 5) is 4.46. The fourth-order valence-corrected chi connectivity index (χ4v) is 3.51. The summed E-state index contributed by atoms with van der Waals surface area (Å²) in [5.41, 5.74) is 2.40. The molecule has 0 aliphatic carbocycles. The van der Waals surface area contributed by atoms with Crippen molar-refractivity contribution in [2.75, 3.05) is 6.54 Å². The Morgan fingerprint density at radius 2 is 2.32 bits per heavy atom.